The van der Waals surface area contributed by atoms with E-state index in [1.54, 1.807) is 12.1 Å². The molecule has 8 heteroatoms. The summed E-state index contributed by atoms with van der Waals surface area (Å²) in [5, 5.41) is 26.1. The molecule has 2 rings (SSSR count). The molecular formula is C16H16N2O5S. The monoisotopic (exact) mass is 348 g/mol. The summed E-state index contributed by atoms with van der Waals surface area (Å²) in [6.07, 6.45) is 0.270. The molecule has 2 aromatic rings. The number of nitro benzene ring substituents is 1. The second-order valence-electron chi connectivity index (χ2n) is 5.30. The number of nitrogens with one attached hydrogen (secondary N) is 1. The van der Waals surface area contributed by atoms with Crippen molar-refractivity contribution >= 4 is 28.9 Å². The Hall–Kier alpha value is -2.74. The number of non-ortho nitro benzene ring substituents is 1. The molecule has 0 saturated heterocycles. The zero-order valence-electron chi connectivity index (χ0n) is 12.7. The molecule has 1 amide bonds. The van der Waals surface area contributed by atoms with Gasteiger partial charge in [-0.25, -0.2) is 0 Å². The molecule has 0 fully saturated rings. The van der Waals surface area contributed by atoms with Gasteiger partial charge >= 0.3 is 5.97 Å². The Balaban J connectivity index is 2.00. The predicted molar refractivity (Wildman–Crippen MR) is 89.0 cm³/mol. The number of hydrogen-bond donors (Lipinski definition) is 2. The van der Waals surface area contributed by atoms with Crippen molar-refractivity contribution in [2.24, 2.45) is 0 Å². The lowest BCUT2D eigenvalue weighted by Gasteiger charge is -2.17. The fourth-order valence-electron chi connectivity index (χ4n) is 2.28. The van der Waals surface area contributed by atoms with E-state index >= 15 is 0 Å². The highest BCUT2D eigenvalue weighted by atomic mass is 32.1. The highest BCUT2D eigenvalue weighted by Gasteiger charge is 2.17. The molecule has 1 unspecified atom stereocenters. The molecule has 0 spiro atoms. The number of carboxylic acid groups (broad SMARTS) is 1. The summed E-state index contributed by atoms with van der Waals surface area (Å²) in [6.45, 7) is 0. The number of aliphatic carboxylic acids is 1. The Morgan fingerprint density at radius 2 is 1.92 bits per heavy atom. The van der Waals surface area contributed by atoms with Gasteiger partial charge in [-0.05, 0) is 34.4 Å². The number of carbonyl (C=O) groups is 2. The first-order valence-corrected chi connectivity index (χ1v) is 8.14. The fourth-order valence-corrected chi connectivity index (χ4v) is 2.95. The summed E-state index contributed by atoms with van der Waals surface area (Å²) in [6, 6.07) is 7.12. The van der Waals surface area contributed by atoms with Gasteiger partial charge in [0.05, 0.1) is 17.8 Å². The number of amides is 1. The molecule has 1 aromatic carbocycles. The van der Waals surface area contributed by atoms with Gasteiger partial charge in [-0.1, -0.05) is 12.1 Å². The zero-order valence-corrected chi connectivity index (χ0v) is 13.5. The topological polar surface area (TPSA) is 110 Å². The van der Waals surface area contributed by atoms with Gasteiger partial charge in [-0.3, -0.25) is 19.7 Å². The third-order valence-electron chi connectivity index (χ3n) is 3.36. The van der Waals surface area contributed by atoms with Gasteiger partial charge in [0.1, 0.15) is 0 Å². The molecule has 2 N–H and O–H groups in total. The first-order valence-electron chi connectivity index (χ1n) is 7.19. The lowest BCUT2D eigenvalue weighted by molar-refractivity contribution is -0.384. The van der Waals surface area contributed by atoms with Crippen molar-refractivity contribution in [2.75, 3.05) is 0 Å². The summed E-state index contributed by atoms with van der Waals surface area (Å²) in [5.41, 5.74) is 1.57. The van der Waals surface area contributed by atoms with Crippen LogP contribution in [0.15, 0.2) is 41.1 Å². The molecule has 1 aromatic heterocycles. The smallest absolute Gasteiger partial charge is 0.305 e. The predicted octanol–water partition coefficient (Wildman–Crippen LogP) is 2.40. The van der Waals surface area contributed by atoms with Crippen molar-refractivity contribution in [1.82, 2.24) is 5.32 Å². The zero-order chi connectivity index (χ0) is 17.5. The fraction of sp³-hybridized carbons (Fsp3) is 0.250. The highest BCUT2D eigenvalue weighted by Crippen LogP contribution is 2.14. The second kappa shape index (κ2) is 8.21. The van der Waals surface area contributed by atoms with Gasteiger partial charge in [0.15, 0.2) is 0 Å². The van der Waals surface area contributed by atoms with Crippen molar-refractivity contribution in [3.8, 4) is 0 Å². The standard InChI is InChI=1S/C16H16N2O5S/c19-15(8-12-5-6-24-10-12)17-13(9-16(20)21)7-11-1-3-14(4-2-11)18(22)23/h1-6,10,13H,7-9H2,(H,17,19)(H,20,21). The van der Waals surface area contributed by atoms with Crippen LogP contribution in [0.1, 0.15) is 17.5 Å². The van der Waals surface area contributed by atoms with Crippen molar-refractivity contribution in [3.63, 3.8) is 0 Å². The van der Waals surface area contributed by atoms with Crippen molar-refractivity contribution in [2.45, 2.75) is 25.3 Å². The van der Waals surface area contributed by atoms with Gasteiger partial charge in [-0.2, -0.15) is 11.3 Å². The van der Waals surface area contributed by atoms with Gasteiger partial charge in [0.25, 0.3) is 5.69 Å². The van der Waals surface area contributed by atoms with E-state index in [2.05, 4.69) is 5.32 Å². The lowest BCUT2D eigenvalue weighted by Crippen LogP contribution is -2.38. The number of hydrogen-bond acceptors (Lipinski definition) is 5. The molecule has 0 aliphatic carbocycles. The maximum atomic E-state index is 12.0. The maximum Gasteiger partial charge on any atom is 0.305 e. The SMILES string of the molecule is O=C(O)CC(Cc1ccc([N+](=O)[O-])cc1)NC(=O)Cc1ccsc1. The summed E-state index contributed by atoms with van der Waals surface area (Å²) in [7, 11) is 0. The average Bonchev–Trinajstić information content (AvgIpc) is 2.99. The van der Waals surface area contributed by atoms with Crippen LogP contribution in [0.3, 0.4) is 0 Å². The van der Waals surface area contributed by atoms with Crippen LogP contribution in [0.4, 0.5) is 5.69 Å². The van der Waals surface area contributed by atoms with Crippen LogP contribution in [0.25, 0.3) is 0 Å². The van der Waals surface area contributed by atoms with Gasteiger partial charge in [0.2, 0.25) is 5.91 Å². The number of carbonyl (C=O) groups excluding carboxylic acids is 1. The van der Waals surface area contributed by atoms with E-state index in [-0.39, 0.29) is 24.4 Å². The summed E-state index contributed by atoms with van der Waals surface area (Å²) in [4.78, 5) is 33.2. The minimum Gasteiger partial charge on any atom is -0.481 e. The van der Waals surface area contributed by atoms with Crippen LogP contribution in [0.2, 0.25) is 0 Å². The van der Waals surface area contributed by atoms with Gasteiger partial charge < -0.3 is 10.4 Å². The minimum atomic E-state index is -1.02. The number of carboxylic acids is 1. The lowest BCUT2D eigenvalue weighted by atomic mass is 10.0. The van der Waals surface area contributed by atoms with Crippen LogP contribution < -0.4 is 5.32 Å². The molecule has 0 aliphatic heterocycles. The molecule has 1 atom stereocenters. The van der Waals surface area contributed by atoms with E-state index in [0.717, 1.165) is 11.1 Å². The number of benzene rings is 1. The van der Waals surface area contributed by atoms with Crippen LogP contribution in [0.5, 0.6) is 0 Å². The molecular weight excluding hydrogens is 332 g/mol. The van der Waals surface area contributed by atoms with Crippen LogP contribution in [-0.4, -0.2) is 27.9 Å². The Kier molecular flexibility index (Phi) is 6.02. The Bertz CT molecular complexity index is 713. The van der Waals surface area contributed by atoms with E-state index in [9.17, 15) is 19.7 Å². The van der Waals surface area contributed by atoms with E-state index in [4.69, 9.17) is 5.11 Å². The third kappa shape index (κ3) is 5.47. The van der Waals surface area contributed by atoms with E-state index in [0.29, 0.717) is 6.42 Å². The number of nitrogens with zero attached hydrogens (tertiary/aromatic N) is 1. The first kappa shape index (κ1) is 17.6. The quantitative estimate of drug-likeness (QED) is 0.562. The van der Waals surface area contributed by atoms with Crippen LogP contribution in [-0.2, 0) is 22.4 Å². The minimum absolute atomic E-state index is 0.0324. The average molecular weight is 348 g/mol. The Labute approximate surface area is 142 Å². The van der Waals surface area contributed by atoms with E-state index in [1.807, 2.05) is 16.8 Å². The molecule has 126 valence electrons. The summed E-state index contributed by atoms with van der Waals surface area (Å²) in [5.74, 6) is -1.26. The largest absolute Gasteiger partial charge is 0.481 e. The van der Waals surface area contributed by atoms with Crippen LogP contribution in [0, 0.1) is 10.1 Å². The molecule has 0 bridgehead atoms. The van der Waals surface area contributed by atoms with Crippen molar-refractivity contribution in [1.29, 1.82) is 0 Å². The van der Waals surface area contributed by atoms with Gasteiger partial charge in [-0.15, -0.1) is 0 Å². The number of thiophene rings is 1. The Morgan fingerprint density at radius 1 is 1.21 bits per heavy atom. The summed E-state index contributed by atoms with van der Waals surface area (Å²) < 4.78 is 0. The molecule has 1 heterocycles. The normalized spacial score (nSPS) is 11.7. The van der Waals surface area contributed by atoms with Crippen LogP contribution >= 0.6 is 11.3 Å². The second-order valence-corrected chi connectivity index (χ2v) is 6.08. The third-order valence-corrected chi connectivity index (χ3v) is 4.09. The Morgan fingerprint density at radius 3 is 2.46 bits per heavy atom. The molecule has 0 aliphatic rings. The van der Waals surface area contributed by atoms with E-state index in [1.165, 1.54) is 23.5 Å². The van der Waals surface area contributed by atoms with Crippen molar-refractivity contribution in [3.05, 3.63) is 62.3 Å². The number of rotatable bonds is 8. The van der Waals surface area contributed by atoms with E-state index < -0.39 is 16.9 Å². The molecule has 0 radical (unpaired) electrons. The maximum absolute atomic E-state index is 12.0. The summed E-state index contributed by atoms with van der Waals surface area (Å²) >= 11 is 1.49. The number of nitro groups is 1. The first-order chi connectivity index (χ1) is 11.4. The highest BCUT2D eigenvalue weighted by molar-refractivity contribution is 7.08. The molecule has 0 saturated carbocycles. The van der Waals surface area contributed by atoms with Gasteiger partial charge in [0, 0.05) is 18.2 Å². The molecule has 7 nitrogen and oxygen atoms in total. The van der Waals surface area contributed by atoms with Crippen molar-refractivity contribution < 1.29 is 19.6 Å². The molecule has 24 heavy (non-hydrogen) atoms.